The monoisotopic (exact) mass is 357 g/mol. The molecular weight excluding hydrogens is 338 g/mol. The van der Waals surface area contributed by atoms with Crippen molar-refractivity contribution in [2.75, 3.05) is 20.2 Å². The number of hydrogen-bond acceptors (Lipinski definition) is 4. The summed E-state index contributed by atoms with van der Waals surface area (Å²) < 4.78 is 31.8. The van der Waals surface area contributed by atoms with Crippen LogP contribution in [0.2, 0.25) is 0 Å². The van der Waals surface area contributed by atoms with Gasteiger partial charge in [-0.15, -0.1) is 0 Å². The van der Waals surface area contributed by atoms with Gasteiger partial charge in [-0.25, -0.2) is 13.2 Å². The summed E-state index contributed by atoms with van der Waals surface area (Å²) in [5.41, 5.74) is 2.49. The lowest BCUT2D eigenvalue weighted by Gasteiger charge is -2.26. The van der Waals surface area contributed by atoms with Crippen molar-refractivity contribution in [3.8, 4) is 0 Å². The zero-order valence-electron chi connectivity index (χ0n) is 13.9. The molecule has 0 saturated heterocycles. The highest BCUT2D eigenvalue weighted by Crippen LogP contribution is 2.26. The fraction of sp³-hybridized carbons (Fsp3) is 0.211. The van der Waals surface area contributed by atoms with E-state index in [2.05, 4.69) is 4.74 Å². The van der Waals surface area contributed by atoms with E-state index in [9.17, 15) is 13.2 Å². The van der Waals surface area contributed by atoms with Crippen molar-refractivity contribution in [1.29, 1.82) is 0 Å². The van der Waals surface area contributed by atoms with E-state index in [4.69, 9.17) is 0 Å². The molecule has 0 fully saturated rings. The summed E-state index contributed by atoms with van der Waals surface area (Å²) in [5.74, 6) is -0.554. The third kappa shape index (κ3) is 3.65. The number of hydrogen-bond donors (Lipinski definition) is 0. The fourth-order valence-corrected chi connectivity index (χ4v) is 4.26. The Morgan fingerprint density at radius 1 is 1.08 bits per heavy atom. The fourth-order valence-electron chi connectivity index (χ4n) is 2.83. The first-order chi connectivity index (χ1) is 12.0. The van der Waals surface area contributed by atoms with Crippen molar-refractivity contribution < 1.29 is 17.9 Å². The summed E-state index contributed by atoms with van der Waals surface area (Å²) >= 11 is 0. The Balaban J connectivity index is 1.83. The number of carbonyl (C=O) groups excluding carboxylic acids is 1. The number of sulfonamides is 1. The maximum absolute atomic E-state index is 12.8. The molecule has 5 nitrogen and oxygen atoms in total. The highest BCUT2D eigenvalue weighted by Gasteiger charge is 2.27. The first kappa shape index (κ1) is 17.4. The Bertz CT molecular complexity index is 904. The zero-order chi connectivity index (χ0) is 17.9. The summed E-state index contributed by atoms with van der Waals surface area (Å²) in [6.45, 7) is 0.723. The van der Waals surface area contributed by atoms with Crippen LogP contribution in [0.15, 0.2) is 65.6 Å². The Labute approximate surface area is 147 Å². The average molecular weight is 357 g/mol. The van der Waals surface area contributed by atoms with Gasteiger partial charge in [0.05, 0.1) is 17.6 Å². The van der Waals surface area contributed by atoms with E-state index in [0.29, 0.717) is 19.5 Å². The van der Waals surface area contributed by atoms with Crippen molar-refractivity contribution in [2.45, 2.75) is 11.3 Å². The molecule has 0 spiro atoms. The number of esters is 1. The molecule has 2 aromatic rings. The average Bonchev–Trinajstić information content (AvgIpc) is 2.68. The van der Waals surface area contributed by atoms with Gasteiger partial charge in [-0.2, -0.15) is 4.31 Å². The van der Waals surface area contributed by atoms with Gasteiger partial charge in [0.25, 0.3) is 0 Å². The molecule has 0 aliphatic carbocycles. The van der Waals surface area contributed by atoms with Crippen LogP contribution in [-0.4, -0.2) is 38.9 Å². The largest absolute Gasteiger partial charge is 0.465 e. The maximum Gasteiger partial charge on any atom is 0.337 e. The molecule has 6 heteroatoms. The first-order valence-corrected chi connectivity index (χ1v) is 9.39. The van der Waals surface area contributed by atoms with Crippen LogP contribution >= 0.6 is 0 Å². The van der Waals surface area contributed by atoms with Gasteiger partial charge in [-0.3, -0.25) is 0 Å². The number of benzene rings is 2. The predicted octanol–water partition coefficient (Wildman–Crippen LogP) is 2.95. The van der Waals surface area contributed by atoms with Crippen molar-refractivity contribution >= 4 is 21.6 Å². The minimum Gasteiger partial charge on any atom is -0.465 e. The smallest absolute Gasteiger partial charge is 0.337 e. The molecule has 0 unspecified atom stereocenters. The molecule has 1 aliphatic rings. The summed E-state index contributed by atoms with van der Waals surface area (Å²) in [4.78, 5) is 11.7. The Kier molecular flexibility index (Phi) is 5.01. The molecule has 1 heterocycles. The lowest BCUT2D eigenvalue weighted by Crippen LogP contribution is -2.34. The molecule has 1 aliphatic heterocycles. The van der Waals surface area contributed by atoms with Crippen LogP contribution in [0.25, 0.3) is 5.57 Å². The van der Waals surface area contributed by atoms with Crippen LogP contribution in [0.1, 0.15) is 22.3 Å². The number of methoxy groups -OCH3 is 1. The van der Waals surface area contributed by atoms with E-state index >= 15 is 0 Å². The molecule has 25 heavy (non-hydrogen) atoms. The number of nitrogens with zero attached hydrogens (tertiary/aromatic N) is 1. The van der Waals surface area contributed by atoms with Gasteiger partial charge in [0.2, 0.25) is 10.0 Å². The van der Waals surface area contributed by atoms with Crippen molar-refractivity contribution in [2.24, 2.45) is 0 Å². The molecule has 0 N–H and O–H groups in total. The SMILES string of the molecule is COC(=O)c1cccc(S(=O)(=O)N2CC=C(c3ccccc3)CC2)c1. The van der Waals surface area contributed by atoms with Crippen molar-refractivity contribution in [3.05, 3.63) is 71.8 Å². The van der Waals surface area contributed by atoms with Crippen molar-refractivity contribution in [1.82, 2.24) is 4.31 Å². The van der Waals surface area contributed by atoms with E-state index in [1.807, 2.05) is 36.4 Å². The van der Waals surface area contributed by atoms with E-state index in [1.54, 1.807) is 6.07 Å². The topological polar surface area (TPSA) is 63.7 Å². The minimum atomic E-state index is -3.65. The first-order valence-electron chi connectivity index (χ1n) is 7.95. The number of rotatable bonds is 4. The molecule has 0 bridgehead atoms. The van der Waals surface area contributed by atoms with Gasteiger partial charge in [0, 0.05) is 13.1 Å². The van der Waals surface area contributed by atoms with Crippen LogP contribution in [0.3, 0.4) is 0 Å². The molecule has 0 aromatic heterocycles. The zero-order valence-corrected chi connectivity index (χ0v) is 14.7. The predicted molar refractivity (Wildman–Crippen MR) is 95.6 cm³/mol. The van der Waals surface area contributed by atoms with Crippen molar-refractivity contribution in [3.63, 3.8) is 0 Å². The van der Waals surface area contributed by atoms with E-state index in [0.717, 1.165) is 11.1 Å². The van der Waals surface area contributed by atoms with Crippen LogP contribution < -0.4 is 0 Å². The maximum atomic E-state index is 12.8. The lowest BCUT2D eigenvalue weighted by atomic mass is 10.0. The summed E-state index contributed by atoms with van der Waals surface area (Å²) in [6, 6.07) is 15.9. The second kappa shape index (κ2) is 7.21. The Hall–Kier alpha value is -2.44. The van der Waals surface area contributed by atoms with E-state index in [1.165, 1.54) is 29.6 Å². The van der Waals surface area contributed by atoms with Gasteiger partial charge < -0.3 is 4.74 Å². The third-order valence-corrected chi connectivity index (χ3v) is 6.07. The quantitative estimate of drug-likeness (QED) is 0.789. The van der Waals surface area contributed by atoms with Gasteiger partial charge >= 0.3 is 5.97 Å². The van der Waals surface area contributed by atoms with E-state index in [-0.39, 0.29) is 10.5 Å². The highest BCUT2D eigenvalue weighted by molar-refractivity contribution is 7.89. The number of carbonyl (C=O) groups is 1. The number of ether oxygens (including phenoxy) is 1. The van der Waals surface area contributed by atoms with Gasteiger partial charge in [0.15, 0.2) is 0 Å². The summed E-state index contributed by atoms with van der Waals surface area (Å²) in [5, 5.41) is 0. The summed E-state index contributed by atoms with van der Waals surface area (Å²) in [7, 11) is -2.38. The highest BCUT2D eigenvalue weighted by atomic mass is 32.2. The molecule has 130 valence electrons. The van der Waals surface area contributed by atoms with Crippen LogP contribution in [0.5, 0.6) is 0 Å². The molecule has 0 radical (unpaired) electrons. The Morgan fingerprint density at radius 3 is 2.48 bits per heavy atom. The molecule has 0 saturated carbocycles. The normalized spacial score (nSPS) is 15.5. The summed E-state index contributed by atoms with van der Waals surface area (Å²) in [6.07, 6.45) is 2.60. The standard InChI is InChI=1S/C19H19NO4S/c1-24-19(21)17-8-5-9-18(14-17)25(22,23)20-12-10-16(11-13-20)15-6-3-2-4-7-15/h2-10,14H,11-13H2,1H3. The molecule has 2 aromatic carbocycles. The van der Waals surface area contributed by atoms with Crippen LogP contribution in [-0.2, 0) is 14.8 Å². The molecular formula is C19H19NO4S. The van der Waals surface area contributed by atoms with E-state index < -0.39 is 16.0 Å². The molecule has 0 atom stereocenters. The minimum absolute atomic E-state index is 0.104. The second-order valence-corrected chi connectivity index (χ2v) is 7.67. The third-order valence-electron chi connectivity index (χ3n) is 4.21. The van der Waals surface area contributed by atoms with Gasteiger partial charge in [0.1, 0.15) is 0 Å². The second-order valence-electron chi connectivity index (χ2n) is 5.73. The van der Waals surface area contributed by atoms with Gasteiger partial charge in [-0.05, 0) is 35.8 Å². The molecule has 0 amide bonds. The van der Waals surface area contributed by atoms with Crippen LogP contribution in [0.4, 0.5) is 0 Å². The molecule has 3 rings (SSSR count). The van der Waals surface area contributed by atoms with Gasteiger partial charge in [-0.1, -0.05) is 42.5 Å². The lowest BCUT2D eigenvalue weighted by molar-refractivity contribution is 0.0600. The Morgan fingerprint density at radius 2 is 1.84 bits per heavy atom. The van der Waals surface area contributed by atoms with Crippen LogP contribution in [0, 0.1) is 0 Å².